The largest absolute Gasteiger partial charge is 0.329 e. The summed E-state index contributed by atoms with van der Waals surface area (Å²) in [5.74, 6) is 1.11. The lowest BCUT2D eigenvalue weighted by atomic mass is 9.93. The second-order valence-electron chi connectivity index (χ2n) is 5.96. The molecule has 18 heavy (non-hydrogen) atoms. The molecule has 2 unspecified atom stereocenters. The molecule has 5 heteroatoms. The Bertz CT molecular complexity index is 363. The fourth-order valence-corrected chi connectivity index (χ4v) is 5.71. The van der Waals surface area contributed by atoms with Gasteiger partial charge in [0, 0.05) is 19.1 Å². The highest BCUT2D eigenvalue weighted by Crippen LogP contribution is 2.30. The Morgan fingerprint density at radius 2 is 1.83 bits per heavy atom. The van der Waals surface area contributed by atoms with E-state index in [1.54, 1.807) is 4.31 Å². The van der Waals surface area contributed by atoms with Crippen LogP contribution in [0.3, 0.4) is 0 Å². The van der Waals surface area contributed by atoms with Crippen molar-refractivity contribution >= 4 is 10.0 Å². The standard InChI is InChI=1S/C13H26N2O2S/c1-11-5-4-8-15(13(11)9-14)18(16,17)10-12-6-2-3-7-12/h11-13H,2-10,14H2,1H3. The molecule has 1 saturated carbocycles. The highest BCUT2D eigenvalue weighted by Gasteiger charge is 2.36. The first kappa shape index (κ1) is 14.3. The summed E-state index contributed by atoms with van der Waals surface area (Å²) in [5.41, 5.74) is 5.78. The minimum atomic E-state index is -3.11. The van der Waals surface area contributed by atoms with Crippen LogP contribution in [0.15, 0.2) is 0 Å². The van der Waals surface area contributed by atoms with Gasteiger partial charge >= 0.3 is 0 Å². The minimum Gasteiger partial charge on any atom is -0.329 e. The number of hydrogen-bond donors (Lipinski definition) is 1. The fourth-order valence-electron chi connectivity index (χ4n) is 3.48. The maximum absolute atomic E-state index is 12.5. The van der Waals surface area contributed by atoms with Crippen LogP contribution in [0.4, 0.5) is 0 Å². The van der Waals surface area contributed by atoms with Crippen molar-refractivity contribution in [2.24, 2.45) is 17.6 Å². The van der Waals surface area contributed by atoms with Gasteiger partial charge in [-0.15, -0.1) is 0 Å². The Balaban J connectivity index is 2.06. The van der Waals surface area contributed by atoms with Gasteiger partial charge in [-0.05, 0) is 37.5 Å². The van der Waals surface area contributed by atoms with Crippen molar-refractivity contribution in [1.29, 1.82) is 0 Å². The van der Waals surface area contributed by atoms with Gasteiger partial charge in [0.05, 0.1) is 5.75 Å². The van der Waals surface area contributed by atoms with Crippen LogP contribution < -0.4 is 5.73 Å². The van der Waals surface area contributed by atoms with Crippen LogP contribution in [-0.4, -0.2) is 37.6 Å². The summed E-state index contributed by atoms with van der Waals surface area (Å²) in [6.45, 7) is 3.24. The Labute approximate surface area is 111 Å². The average molecular weight is 274 g/mol. The predicted octanol–water partition coefficient (Wildman–Crippen LogP) is 1.57. The van der Waals surface area contributed by atoms with Crippen molar-refractivity contribution in [1.82, 2.24) is 4.31 Å². The van der Waals surface area contributed by atoms with Crippen molar-refractivity contribution in [2.75, 3.05) is 18.8 Å². The molecule has 1 aliphatic heterocycles. The van der Waals surface area contributed by atoms with Crippen LogP contribution >= 0.6 is 0 Å². The van der Waals surface area contributed by atoms with Crippen molar-refractivity contribution in [3.63, 3.8) is 0 Å². The van der Waals surface area contributed by atoms with Crippen LogP contribution in [0.2, 0.25) is 0 Å². The Hall–Kier alpha value is -0.130. The third-order valence-corrected chi connectivity index (χ3v) is 6.65. The summed E-state index contributed by atoms with van der Waals surface area (Å²) < 4.78 is 26.8. The molecule has 1 heterocycles. The van der Waals surface area contributed by atoms with E-state index in [-0.39, 0.29) is 6.04 Å². The highest BCUT2D eigenvalue weighted by molar-refractivity contribution is 7.89. The first-order valence-electron chi connectivity index (χ1n) is 7.24. The SMILES string of the molecule is CC1CCCN(S(=O)(=O)CC2CCCC2)C1CN. The number of piperidine rings is 1. The molecule has 0 radical (unpaired) electrons. The number of hydrogen-bond acceptors (Lipinski definition) is 3. The summed E-state index contributed by atoms with van der Waals surface area (Å²) in [5, 5.41) is 0. The van der Waals surface area contributed by atoms with E-state index < -0.39 is 10.0 Å². The number of sulfonamides is 1. The quantitative estimate of drug-likeness (QED) is 0.846. The van der Waals surface area contributed by atoms with Gasteiger partial charge < -0.3 is 5.73 Å². The number of nitrogens with two attached hydrogens (primary N) is 1. The lowest BCUT2D eigenvalue weighted by Gasteiger charge is -2.38. The fraction of sp³-hybridized carbons (Fsp3) is 1.00. The molecule has 0 spiro atoms. The third kappa shape index (κ3) is 3.06. The van der Waals surface area contributed by atoms with Crippen molar-refractivity contribution in [2.45, 2.75) is 51.5 Å². The molecule has 0 bridgehead atoms. The van der Waals surface area contributed by atoms with E-state index in [4.69, 9.17) is 5.73 Å². The van der Waals surface area contributed by atoms with Gasteiger partial charge in [0.2, 0.25) is 10.0 Å². The zero-order valence-electron chi connectivity index (χ0n) is 11.3. The van der Waals surface area contributed by atoms with Crippen molar-refractivity contribution in [3.05, 3.63) is 0 Å². The lowest BCUT2D eigenvalue weighted by Crippen LogP contribution is -2.52. The van der Waals surface area contributed by atoms with Gasteiger partial charge in [-0.3, -0.25) is 0 Å². The molecule has 0 aromatic carbocycles. The molecular formula is C13H26N2O2S. The predicted molar refractivity (Wildman–Crippen MR) is 73.7 cm³/mol. The van der Waals surface area contributed by atoms with E-state index in [2.05, 4.69) is 6.92 Å². The van der Waals surface area contributed by atoms with Gasteiger partial charge in [-0.1, -0.05) is 19.8 Å². The second-order valence-corrected chi connectivity index (χ2v) is 7.93. The highest BCUT2D eigenvalue weighted by atomic mass is 32.2. The first-order valence-corrected chi connectivity index (χ1v) is 8.85. The van der Waals surface area contributed by atoms with Gasteiger partial charge in [0.1, 0.15) is 0 Å². The van der Waals surface area contributed by atoms with Crippen LogP contribution in [0.25, 0.3) is 0 Å². The Morgan fingerprint density at radius 1 is 1.17 bits per heavy atom. The van der Waals surface area contributed by atoms with E-state index in [9.17, 15) is 8.42 Å². The summed E-state index contributed by atoms with van der Waals surface area (Å²) in [6.07, 6.45) is 6.61. The van der Waals surface area contributed by atoms with E-state index in [0.717, 1.165) is 25.7 Å². The monoisotopic (exact) mass is 274 g/mol. The molecule has 1 saturated heterocycles. The molecule has 2 atom stereocenters. The Kier molecular flexibility index (Phi) is 4.67. The molecule has 2 fully saturated rings. The third-order valence-electron chi connectivity index (χ3n) is 4.58. The number of nitrogens with zero attached hydrogens (tertiary/aromatic N) is 1. The summed E-state index contributed by atoms with van der Waals surface area (Å²) in [7, 11) is -3.11. The first-order chi connectivity index (χ1) is 8.54. The maximum atomic E-state index is 12.5. The average Bonchev–Trinajstić information content (AvgIpc) is 2.80. The second kappa shape index (κ2) is 5.88. The van der Waals surface area contributed by atoms with Gasteiger partial charge in [0.15, 0.2) is 0 Å². The van der Waals surface area contributed by atoms with E-state index in [1.165, 1.54) is 12.8 Å². The molecule has 1 aliphatic carbocycles. The molecule has 0 aromatic rings. The van der Waals surface area contributed by atoms with E-state index >= 15 is 0 Å². The van der Waals surface area contributed by atoms with Gasteiger partial charge in [0.25, 0.3) is 0 Å². The van der Waals surface area contributed by atoms with Gasteiger partial charge in [-0.2, -0.15) is 4.31 Å². The van der Waals surface area contributed by atoms with Gasteiger partial charge in [-0.25, -0.2) is 8.42 Å². The molecule has 4 nitrogen and oxygen atoms in total. The molecule has 106 valence electrons. The normalized spacial score (nSPS) is 31.9. The zero-order valence-corrected chi connectivity index (χ0v) is 12.2. The smallest absolute Gasteiger partial charge is 0.214 e. The molecular weight excluding hydrogens is 248 g/mol. The van der Waals surface area contributed by atoms with Crippen LogP contribution in [-0.2, 0) is 10.0 Å². The van der Waals surface area contributed by atoms with Crippen LogP contribution in [0.1, 0.15) is 45.4 Å². The van der Waals surface area contributed by atoms with E-state index in [0.29, 0.717) is 30.7 Å². The summed E-state index contributed by atoms with van der Waals surface area (Å²) in [6, 6.07) is 0.0187. The molecule has 0 aromatic heterocycles. The van der Waals surface area contributed by atoms with Crippen molar-refractivity contribution < 1.29 is 8.42 Å². The van der Waals surface area contributed by atoms with Crippen molar-refractivity contribution in [3.8, 4) is 0 Å². The number of rotatable bonds is 4. The Morgan fingerprint density at radius 3 is 2.44 bits per heavy atom. The summed E-state index contributed by atoms with van der Waals surface area (Å²) >= 11 is 0. The van der Waals surface area contributed by atoms with Crippen LogP contribution in [0, 0.1) is 11.8 Å². The molecule has 2 rings (SSSR count). The topological polar surface area (TPSA) is 63.4 Å². The molecule has 0 amide bonds. The minimum absolute atomic E-state index is 0.0187. The molecule has 2 N–H and O–H groups in total. The molecule has 2 aliphatic rings. The maximum Gasteiger partial charge on any atom is 0.214 e. The van der Waals surface area contributed by atoms with Crippen LogP contribution in [0.5, 0.6) is 0 Å². The van der Waals surface area contributed by atoms with E-state index in [1.807, 2.05) is 0 Å². The zero-order chi connectivity index (χ0) is 13.2. The lowest BCUT2D eigenvalue weighted by molar-refractivity contribution is 0.191. The summed E-state index contributed by atoms with van der Waals surface area (Å²) in [4.78, 5) is 0.